The summed E-state index contributed by atoms with van der Waals surface area (Å²) in [4.78, 5) is 37.0. The summed E-state index contributed by atoms with van der Waals surface area (Å²) in [6.45, 7) is 5.43. The Balaban J connectivity index is 1.69. The van der Waals surface area contributed by atoms with Crippen molar-refractivity contribution in [3.63, 3.8) is 0 Å². The van der Waals surface area contributed by atoms with E-state index in [1.54, 1.807) is 26.0 Å². The maximum Gasteiger partial charge on any atom is 0.336 e. The van der Waals surface area contributed by atoms with E-state index in [0.29, 0.717) is 29.0 Å². The fourth-order valence-corrected chi connectivity index (χ4v) is 4.68. The van der Waals surface area contributed by atoms with Crippen molar-refractivity contribution in [3.8, 4) is 0 Å². The molecule has 1 aromatic heterocycles. The lowest BCUT2D eigenvalue weighted by Crippen LogP contribution is -2.31. The van der Waals surface area contributed by atoms with Gasteiger partial charge in [0.15, 0.2) is 5.78 Å². The number of methoxy groups -OCH3 is 1. The number of ether oxygens (including phenoxy) is 1. The molecule has 1 unspecified atom stereocenters. The van der Waals surface area contributed by atoms with Gasteiger partial charge in [-0.3, -0.25) is 14.9 Å². The lowest BCUT2D eigenvalue weighted by Gasteiger charge is -2.30. The van der Waals surface area contributed by atoms with Gasteiger partial charge < -0.3 is 14.6 Å². The largest absolute Gasteiger partial charge is 0.466 e. The number of carbonyl (C=O) groups excluding carboxylic acids is 2. The highest BCUT2D eigenvalue weighted by atomic mass is 16.6. The van der Waals surface area contributed by atoms with Gasteiger partial charge in [-0.1, -0.05) is 36.6 Å². The van der Waals surface area contributed by atoms with Crippen LogP contribution in [0.2, 0.25) is 0 Å². The van der Waals surface area contributed by atoms with Crippen LogP contribution in [-0.2, 0) is 20.7 Å². The average Bonchev–Trinajstić information content (AvgIpc) is 3.27. The van der Waals surface area contributed by atoms with Crippen molar-refractivity contribution in [2.75, 3.05) is 7.11 Å². The molecule has 2 aromatic rings. The third-order valence-corrected chi connectivity index (χ3v) is 6.38. The second kappa shape index (κ2) is 12.3. The number of ketones is 1. The lowest BCUT2D eigenvalue weighted by molar-refractivity contribution is -0.384. The first-order valence-electron chi connectivity index (χ1n) is 12.2. The SMILES string of the molecule is COC(=O)C1=C(C)NC(C)=C(C(=O)CCCCCCCc2cc(C)no2)C1c1cccc([N+](=O)[O-])c1. The normalized spacial score (nSPS) is 15.6. The first kappa shape index (κ1) is 26.8. The number of Topliss-reactive ketones (excluding diaryl/α,β-unsaturated/α-hetero) is 1. The number of hydrogen-bond acceptors (Lipinski definition) is 8. The molecule has 0 saturated heterocycles. The number of esters is 1. The maximum atomic E-state index is 13.4. The van der Waals surface area contributed by atoms with E-state index in [0.717, 1.165) is 50.0 Å². The highest BCUT2D eigenvalue weighted by Crippen LogP contribution is 2.40. The van der Waals surface area contributed by atoms with E-state index in [1.165, 1.54) is 19.2 Å². The molecule has 0 spiro atoms. The maximum absolute atomic E-state index is 13.4. The molecule has 2 heterocycles. The number of unbranched alkanes of at least 4 members (excludes halogenated alkanes) is 4. The van der Waals surface area contributed by atoms with Gasteiger partial charge in [-0.05, 0) is 39.2 Å². The van der Waals surface area contributed by atoms with Gasteiger partial charge >= 0.3 is 5.97 Å². The fraction of sp³-hybridized carbons (Fsp3) is 0.444. The topological polar surface area (TPSA) is 125 Å². The van der Waals surface area contributed by atoms with Crippen LogP contribution >= 0.6 is 0 Å². The second-order valence-corrected chi connectivity index (χ2v) is 9.10. The first-order valence-corrected chi connectivity index (χ1v) is 12.2. The summed E-state index contributed by atoms with van der Waals surface area (Å²) in [6.07, 6.45) is 5.83. The number of nitrogens with zero attached hydrogens (tertiary/aromatic N) is 2. The molecular formula is C27H33N3O6. The van der Waals surface area contributed by atoms with E-state index < -0.39 is 16.8 Å². The summed E-state index contributed by atoms with van der Waals surface area (Å²) < 4.78 is 10.2. The number of allylic oxidation sites excluding steroid dienone is 3. The van der Waals surface area contributed by atoms with Crippen LogP contribution in [0.4, 0.5) is 5.69 Å². The van der Waals surface area contributed by atoms with Crippen molar-refractivity contribution in [1.82, 2.24) is 10.5 Å². The molecule has 192 valence electrons. The van der Waals surface area contributed by atoms with Crippen LogP contribution in [-0.4, -0.2) is 28.9 Å². The van der Waals surface area contributed by atoms with E-state index in [-0.39, 0.29) is 17.0 Å². The first-order chi connectivity index (χ1) is 17.2. The average molecular weight is 496 g/mol. The molecular weight excluding hydrogens is 462 g/mol. The summed E-state index contributed by atoms with van der Waals surface area (Å²) in [5.41, 5.74) is 3.23. The number of dihydropyridines is 1. The van der Waals surface area contributed by atoms with Gasteiger partial charge in [0.25, 0.3) is 5.69 Å². The molecule has 1 N–H and O–H groups in total. The Morgan fingerprint density at radius 3 is 2.42 bits per heavy atom. The zero-order chi connectivity index (χ0) is 26.2. The summed E-state index contributed by atoms with van der Waals surface area (Å²) in [5, 5.41) is 18.4. The zero-order valence-electron chi connectivity index (χ0n) is 21.3. The number of non-ortho nitro benzene ring substituents is 1. The quantitative estimate of drug-likeness (QED) is 0.178. The molecule has 1 aliphatic heterocycles. The smallest absolute Gasteiger partial charge is 0.336 e. The van der Waals surface area contributed by atoms with E-state index >= 15 is 0 Å². The predicted octanol–water partition coefficient (Wildman–Crippen LogP) is 5.45. The number of nitro groups is 1. The van der Waals surface area contributed by atoms with Crippen molar-refractivity contribution in [3.05, 3.63) is 80.0 Å². The molecule has 0 fully saturated rings. The molecule has 3 rings (SSSR count). The Labute approximate surface area is 210 Å². The van der Waals surface area contributed by atoms with Crippen LogP contribution in [0, 0.1) is 17.0 Å². The number of carbonyl (C=O) groups is 2. The van der Waals surface area contributed by atoms with Crippen LogP contribution < -0.4 is 5.32 Å². The number of rotatable bonds is 12. The molecule has 1 aromatic carbocycles. The van der Waals surface area contributed by atoms with Crippen LogP contribution in [0.5, 0.6) is 0 Å². The number of aryl methyl sites for hydroxylation is 2. The number of nitrogens with one attached hydrogen (secondary N) is 1. The number of benzene rings is 1. The highest BCUT2D eigenvalue weighted by Gasteiger charge is 2.37. The number of hydrogen-bond donors (Lipinski definition) is 1. The molecule has 9 nitrogen and oxygen atoms in total. The lowest BCUT2D eigenvalue weighted by atomic mass is 9.78. The third kappa shape index (κ3) is 6.47. The van der Waals surface area contributed by atoms with Crippen molar-refractivity contribution in [1.29, 1.82) is 0 Å². The van der Waals surface area contributed by atoms with E-state index in [9.17, 15) is 19.7 Å². The zero-order valence-corrected chi connectivity index (χ0v) is 21.3. The van der Waals surface area contributed by atoms with E-state index in [4.69, 9.17) is 9.26 Å². The highest BCUT2D eigenvalue weighted by molar-refractivity contribution is 6.03. The molecule has 0 amide bonds. The summed E-state index contributed by atoms with van der Waals surface area (Å²) in [6, 6.07) is 8.03. The van der Waals surface area contributed by atoms with E-state index in [2.05, 4.69) is 10.5 Å². The molecule has 36 heavy (non-hydrogen) atoms. The Morgan fingerprint density at radius 2 is 1.75 bits per heavy atom. The summed E-state index contributed by atoms with van der Waals surface area (Å²) in [7, 11) is 1.28. The Bertz CT molecular complexity index is 1190. The van der Waals surface area contributed by atoms with Crippen LogP contribution in [0.15, 0.2) is 57.4 Å². The monoisotopic (exact) mass is 495 g/mol. The molecule has 0 bridgehead atoms. The molecule has 1 atom stereocenters. The molecule has 1 aliphatic rings. The van der Waals surface area contributed by atoms with Gasteiger partial charge in [0, 0.05) is 53.9 Å². The van der Waals surface area contributed by atoms with Crippen LogP contribution in [0.1, 0.15) is 75.3 Å². The number of nitro benzene ring substituents is 1. The second-order valence-electron chi connectivity index (χ2n) is 9.10. The van der Waals surface area contributed by atoms with Gasteiger partial charge in [-0.25, -0.2) is 4.79 Å². The minimum Gasteiger partial charge on any atom is -0.466 e. The van der Waals surface area contributed by atoms with Crippen molar-refractivity contribution < 1.29 is 23.8 Å². The van der Waals surface area contributed by atoms with Crippen LogP contribution in [0.3, 0.4) is 0 Å². The molecule has 9 heteroatoms. The Morgan fingerprint density at radius 1 is 1.06 bits per heavy atom. The molecule has 0 radical (unpaired) electrons. The van der Waals surface area contributed by atoms with Crippen molar-refractivity contribution in [2.24, 2.45) is 0 Å². The third-order valence-electron chi connectivity index (χ3n) is 6.38. The minimum atomic E-state index is -0.739. The number of aromatic nitrogens is 1. The van der Waals surface area contributed by atoms with Crippen LogP contribution in [0.25, 0.3) is 0 Å². The van der Waals surface area contributed by atoms with Crippen molar-refractivity contribution in [2.45, 2.75) is 71.6 Å². The van der Waals surface area contributed by atoms with Crippen molar-refractivity contribution >= 4 is 17.4 Å². The van der Waals surface area contributed by atoms with Gasteiger partial charge in [-0.15, -0.1) is 0 Å². The van der Waals surface area contributed by atoms with E-state index in [1.807, 2.05) is 13.0 Å². The Kier molecular flexibility index (Phi) is 9.16. The predicted molar refractivity (Wildman–Crippen MR) is 134 cm³/mol. The standard InChI is InChI=1S/C27H33N3O6/c1-17-15-22(36-29-17)13-8-6-5-7-9-14-23(31)24-18(2)28-19(3)25(27(32)35-4)26(24)20-11-10-12-21(16-20)30(33)34/h10-12,15-16,26,28H,5-9,13-14H2,1-4H3. The Hall–Kier alpha value is -3.75. The molecule has 0 aliphatic carbocycles. The molecule has 0 saturated carbocycles. The summed E-state index contributed by atoms with van der Waals surface area (Å²) in [5.74, 6) is -0.498. The summed E-state index contributed by atoms with van der Waals surface area (Å²) >= 11 is 0. The van der Waals surface area contributed by atoms with Gasteiger partial charge in [0.2, 0.25) is 0 Å². The van der Waals surface area contributed by atoms with Gasteiger partial charge in [0.05, 0.1) is 23.3 Å². The minimum absolute atomic E-state index is 0.0810. The fourth-order valence-electron chi connectivity index (χ4n) is 4.68. The van der Waals surface area contributed by atoms with Gasteiger partial charge in [0.1, 0.15) is 5.76 Å². The van der Waals surface area contributed by atoms with Gasteiger partial charge in [-0.2, -0.15) is 0 Å².